The summed E-state index contributed by atoms with van der Waals surface area (Å²) in [5, 5.41) is 0. The van der Waals surface area contributed by atoms with Gasteiger partial charge in [-0.25, -0.2) is 0 Å². The first-order valence-electron chi connectivity index (χ1n) is 6.16. The number of ketones is 1. The van der Waals surface area contributed by atoms with Crippen LogP contribution in [0.4, 0.5) is 0 Å². The monoisotopic (exact) mass is 290 g/mol. The molecule has 0 radical (unpaired) electrons. The molecule has 0 heterocycles. The van der Waals surface area contributed by atoms with E-state index in [4.69, 9.17) is 0 Å². The zero-order chi connectivity index (χ0) is 14.1. The largest absolute Gasteiger partial charge is 0.289 e. The maximum atomic E-state index is 11.8. The van der Waals surface area contributed by atoms with Crippen LogP contribution < -0.4 is 0 Å². The van der Waals surface area contributed by atoms with Crippen molar-refractivity contribution in [3.8, 4) is 0 Å². The van der Waals surface area contributed by atoms with Gasteiger partial charge in [0.15, 0.2) is 5.78 Å². The molecule has 0 aromatic heterocycles. The van der Waals surface area contributed by atoms with E-state index in [9.17, 15) is 4.79 Å². The molecular formula is C16H18OS2. The molecular weight excluding hydrogens is 272 g/mol. The summed E-state index contributed by atoms with van der Waals surface area (Å²) in [6.45, 7) is 2.05. The molecule has 0 unspecified atom stereocenters. The van der Waals surface area contributed by atoms with E-state index in [1.807, 2.05) is 67.6 Å². The van der Waals surface area contributed by atoms with Gasteiger partial charge in [-0.1, -0.05) is 67.6 Å². The summed E-state index contributed by atoms with van der Waals surface area (Å²) in [5.74, 6) is 0.0752. The Morgan fingerprint density at radius 3 is 1.47 bits per heavy atom. The minimum absolute atomic E-state index is 0.0752. The number of rotatable bonds is 3. The molecule has 0 aliphatic rings. The third-order valence-corrected chi connectivity index (χ3v) is 3.17. The van der Waals surface area contributed by atoms with Crippen molar-refractivity contribution in [2.75, 3.05) is 0 Å². The van der Waals surface area contributed by atoms with Gasteiger partial charge < -0.3 is 0 Å². The molecule has 0 N–H and O–H groups in total. The molecule has 0 saturated heterocycles. The van der Waals surface area contributed by atoms with Crippen molar-refractivity contribution < 1.29 is 4.79 Å². The molecule has 2 aromatic rings. The maximum absolute atomic E-state index is 11.8. The smallest absolute Gasteiger partial charge is 0.193 e. The molecule has 19 heavy (non-hydrogen) atoms. The van der Waals surface area contributed by atoms with Gasteiger partial charge in [0.05, 0.1) is 0 Å². The molecule has 0 bridgehead atoms. The average Bonchev–Trinajstić information content (AvgIpc) is 2.49. The molecule has 100 valence electrons. The summed E-state index contributed by atoms with van der Waals surface area (Å²) in [6, 6.07) is 18.6. The van der Waals surface area contributed by atoms with Gasteiger partial charge in [-0.3, -0.25) is 4.79 Å². The third-order valence-electron chi connectivity index (χ3n) is 2.44. The molecule has 0 amide bonds. The van der Waals surface area contributed by atoms with Gasteiger partial charge in [0, 0.05) is 15.7 Å². The Kier molecular flexibility index (Phi) is 7.38. The number of carbonyl (C=O) groups is 1. The summed E-state index contributed by atoms with van der Waals surface area (Å²) in [4.78, 5) is 11.8. The van der Waals surface area contributed by atoms with E-state index in [0.29, 0.717) is 0 Å². The zero-order valence-corrected chi connectivity index (χ0v) is 12.6. The van der Waals surface area contributed by atoms with Crippen LogP contribution >= 0.6 is 25.3 Å². The molecule has 0 spiro atoms. The summed E-state index contributed by atoms with van der Waals surface area (Å²) < 4.78 is 0.273. The molecule has 3 heteroatoms. The van der Waals surface area contributed by atoms with Gasteiger partial charge >= 0.3 is 0 Å². The first kappa shape index (κ1) is 15.9. The normalized spacial score (nSPS) is 9.68. The fourth-order valence-corrected chi connectivity index (χ4v) is 1.35. The lowest BCUT2D eigenvalue weighted by Crippen LogP contribution is -1.99. The summed E-state index contributed by atoms with van der Waals surface area (Å²) in [7, 11) is 0. The topological polar surface area (TPSA) is 17.1 Å². The highest BCUT2D eigenvalue weighted by molar-refractivity contribution is 7.99. The van der Waals surface area contributed by atoms with Crippen LogP contribution in [0.25, 0.3) is 0 Å². The Morgan fingerprint density at radius 1 is 0.895 bits per heavy atom. The maximum Gasteiger partial charge on any atom is 0.193 e. The van der Waals surface area contributed by atoms with Crippen molar-refractivity contribution in [2.24, 2.45) is 0 Å². The molecule has 2 rings (SSSR count). The predicted molar refractivity (Wildman–Crippen MR) is 88.4 cm³/mol. The first-order chi connectivity index (χ1) is 9.15. The fourth-order valence-electron chi connectivity index (χ4n) is 1.35. The summed E-state index contributed by atoms with van der Waals surface area (Å²) in [6.07, 6.45) is 1.03. The molecule has 1 nitrogen and oxygen atoms in total. The van der Waals surface area contributed by atoms with Gasteiger partial charge in [0.2, 0.25) is 0 Å². The minimum atomic E-state index is 0.0752. The van der Waals surface area contributed by atoms with Crippen LogP contribution in [-0.4, -0.2) is 10.4 Å². The van der Waals surface area contributed by atoms with Crippen LogP contribution in [0.2, 0.25) is 0 Å². The van der Waals surface area contributed by atoms with E-state index in [1.165, 1.54) is 0 Å². The number of hydrogen-bond acceptors (Lipinski definition) is 3. The molecule has 0 fully saturated rings. The Labute approximate surface area is 125 Å². The molecule has 0 atom stereocenters. The van der Waals surface area contributed by atoms with Crippen LogP contribution in [0.1, 0.15) is 29.3 Å². The first-order valence-corrected chi connectivity index (χ1v) is 7.19. The standard InChI is InChI=1S/C13H10O.C3H8S2/c14-13(11-7-3-1-4-8-11)12-9-5-2-6-10-12;1-2-3(4)5/h1-10H;3-5H,2H2,1H3. The quantitative estimate of drug-likeness (QED) is 0.483. The SMILES string of the molecule is CCC(S)S.O=C(c1ccccc1)c1ccccc1. The Balaban J connectivity index is 0.000000312. The van der Waals surface area contributed by atoms with Crippen molar-refractivity contribution in [3.05, 3.63) is 71.8 Å². The molecule has 0 aliphatic heterocycles. The number of carbonyl (C=O) groups excluding carboxylic acids is 1. The highest BCUT2D eigenvalue weighted by Gasteiger charge is 2.06. The Morgan fingerprint density at radius 2 is 1.21 bits per heavy atom. The fraction of sp³-hybridized carbons (Fsp3) is 0.188. The lowest BCUT2D eigenvalue weighted by molar-refractivity contribution is 0.103. The van der Waals surface area contributed by atoms with Crippen LogP contribution in [0.5, 0.6) is 0 Å². The van der Waals surface area contributed by atoms with Gasteiger partial charge in [-0.05, 0) is 6.42 Å². The second-order valence-corrected chi connectivity index (χ2v) is 5.60. The highest BCUT2D eigenvalue weighted by Crippen LogP contribution is 2.08. The minimum Gasteiger partial charge on any atom is -0.289 e. The van der Waals surface area contributed by atoms with Crippen LogP contribution in [0.15, 0.2) is 60.7 Å². The highest BCUT2D eigenvalue weighted by atomic mass is 32.2. The van der Waals surface area contributed by atoms with Gasteiger partial charge in [0.25, 0.3) is 0 Å². The van der Waals surface area contributed by atoms with Crippen molar-refractivity contribution in [3.63, 3.8) is 0 Å². The van der Waals surface area contributed by atoms with Gasteiger partial charge in [0.1, 0.15) is 0 Å². The Bertz CT molecular complexity index is 439. The Hall–Kier alpha value is -1.19. The third kappa shape index (κ3) is 5.99. The molecule has 0 saturated carbocycles. The van der Waals surface area contributed by atoms with E-state index in [0.717, 1.165) is 17.5 Å². The average molecular weight is 290 g/mol. The zero-order valence-electron chi connectivity index (χ0n) is 10.9. The van der Waals surface area contributed by atoms with Crippen molar-refractivity contribution in [2.45, 2.75) is 17.9 Å². The number of hydrogen-bond donors (Lipinski definition) is 2. The predicted octanol–water partition coefficient (Wildman–Crippen LogP) is 4.50. The second kappa shape index (κ2) is 8.83. The lowest BCUT2D eigenvalue weighted by atomic mass is 10.0. The van der Waals surface area contributed by atoms with E-state index in [2.05, 4.69) is 25.3 Å². The van der Waals surface area contributed by atoms with Crippen molar-refractivity contribution in [1.82, 2.24) is 0 Å². The number of benzene rings is 2. The molecule has 2 aromatic carbocycles. The lowest BCUT2D eigenvalue weighted by Gasteiger charge is -1.99. The number of thiol groups is 2. The van der Waals surface area contributed by atoms with Gasteiger partial charge in [-0.15, -0.1) is 0 Å². The van der Waals surface area contributed by atoms with E-state index < -0.39 is 0 Å². The van der Waals surface area contributed by atoms with Crippen LogP contribution in [0.3, 0.4) is 0 Å². The van der Waals surface area contributed by atoms with Crippen molar-refractivity contribution in [1.29, 1.82) is 0 Å². The van der Waals surface area contributed by atoms with Crippen LogP contribution in [-0.2, 0) is 0 Å². The van der Waals surface area contributed by atoms with Crippen LogP contribution in [0, 0.1) is 0 Å². The van der Waals surface area contributed by atoms with E-state index in [-0.39, 0.29) is 10.4 Å². The summed E-state index contributed by atoms with van der Waals surface area (Å²) in [5.41, 5.74) is 1.47. The second-order valence-electron chi connectivity index (χ2n) is 3.95. The van der Waals surface area contributed by atoms with E-state index >= 15 is 0 Å². The van der Waals surface area contributed by atoms with Gasteiger partial charge in [-0.2, -0.15) is 25.3 Å². The van der Waals surface area contributed by atoms with E-state index in [1.54, 1.807) is 0 Å². The summed E-state index contributed by atoms with van der Waals surface area (Å²) >= 11 is 7.92. The van der Waals surface area contributed by atoms with Crippen molar-refractivity contribution >= 4 is 31.0 Å². The molecule has 0 aliphatic carbocycles.